The molecule has 1 aromatic heterocycles. The van der Waals surface area contributed by atoms with E-state index in [9.17, 15) is 9.00 Å². The Kier molecular flexibility index (Phi) is 11.1. The molecule has 1 amide bonds. The number of benzene rings is 1. The van der Waals surface area contributed by atoms with Crippen molar-refractivity contribution in [1.82, 2.24) is 19.1 Å². The number of carbonyl (C=O) groups excluding carboxylic acids is 1. The van der Waals surface area contributed by atoms with E-state index in [2.05, 4.69) is 34.9 Å². The highest BCUT2D eigenvalue weighted by Gasteiger charge is 2.21. The van der Waals surface area contributed by atoms with E-state index in [1.165, 1.54) is 0 Å². The highest BCUT2D eigenvalue weighted by Crippen LogP contribution is 2.25. The standard InChI is InChI=1S/C28H43N5O4S/c1-21-16-26(36-7)17-22(2)28(21)38(35)32(6)14-15-37-20-27(34)31(5)19-23-8-9-25(18-29-23)33-12-10-24(11-13-33)30(3)4/h8-9,16-18,24H,10-15,19-20H2,1-7H3. The van der Waals surface area contributed by atoms with Gasteiger partial charge in [-0.1, -0.05) is 0 Å². The van der Waals surface area contributed by atoms with Gasteiger partial charge in [0.1, 0.15) is 23.3 Å². The summed E-state index contributed by atoms with van der Waals surface area (Å²) in [5.74, 6) is 0.632. The number of aromatic nitrogens is 1. The third kappa shape index (κ3) is 7.99. The van der Waals surface area contributed by atoms with Gasteiger partial charge in [0, 0.05) is 39.8 Å². The molecule has 1 aliphatic rings. The first-order valence-corrected chi connectivity index (χ1v) is 14.2. The highest BCUT2D eigenvalue weighted by atomic mass is 32.2. The Morgan fingerprint density at radius 2 is 1.76 bits per heavy atom. The number of nitrogens with zero attached hydrogens (tertiary/aromatic N) is 5. The first-order valence-electron chi connectivity index (χ1n) is 13.1. The number of methoxy groups -OCH3 is 1. The molecule has 3 rings (SSSR count). The maximum absolute atomic E-state index is 13.0. The third-order valence-corrected chi connectivity index (χ3v) is 8.84. The highest BCUT2D eigenvalue weighted by molar-refractivity contribution is 7.82. The first-order chi connectivity index (χ1) is 18.1. The molecule has 1 unspecified atom stereocenters. The number of rotatable bonds is 12. The molecule has 1 saturated heterocycles. The fourth-order valence-electron chi connectivity index (χ4n) is 4.67. The van der Waals surface area contributed by atoms with Crippen LogP contribution < -0.4 is 9.64 Å². The quantitative estimate of drug-likeness (QED) is 0.380. The zero-order valence-corrected chi connectivity index (χ0v) is 24.7. The molecule has 9 nitrogen and oxygen atoms in total. The monoisotopic (exact) mass is 545 g/mol. The molecular formula is C28H43N5O4S. The summed E-state index contributed by atoms with van der Waals surface area (Å²) in [6.07, 6.45) is 4.21. The van der Waals surface area contributed by atoms with Gasteiger partial charge >= 0.3 is 0 Å². The minimum atomic E-state index is -1.33. The van der Waals surface area contributed by atoms with E-state index in [0.717, 1.165) is 59.1 Å². The van der Waals surface area contributed by atoms with Gasteiger partial charge in [-0.15, -0.1) is 0 Å². The molecule has 0 N–H and O–H groups in total. The van der Waals surface area contributed by atoms with Gasteiger partial charge in [-0.25, -0.2) is 8.51 Å². The van der Waals surface area contributed by atoms with Crippen molar-refractivity contribution in [2.24, 2.45) is 0 Å². The Morgan fingerprint density at radius 3 is 2.32 bits per heavy atom. The molecule has 0 aliphatic carbocycles. The number of hydrogen-bond acceptors (Lipinski definition) is 7. The Labute approximate surface area is 230 Å². The smallest absolute Gasteiger partial charge is 0.248 e. The van der Waals surface area contributed by atoms with Crippen LogP contribution in [0.5, 0.6) is 5.75 Å². The Morgan fingerprint density at radius 1 is 1.11 bits per heavy atom. The Bertz CT molecular complexity index is 1060. The second kappa shape index (κ2) is 14.0. The summed E-state index contributed by atoms with van der Waals surface area (Å²) in [5, 5.41) is 0. The maximum atomic E-state index is 13.0. The van der Waals surface area contributed by atoms with Crippen LogP contribution in [-0.4, -0.2) is 103 Å². The van der Waals surface area contributed by atoms with Crippen LogP contribution in [0.25, 0.3) is 0 Å². The van der Waals surface area contributed by atoms with E-state index in [1.54, 1.807) is 30.4 Å². The number of hydrogen-bond donors (Lipinski definition) is 0. The average Bonchev–Trinajstić information content (AvgIpc) is 2.90. The van der Waals surface area contributed by atoms with E-state index >= 15 is 0 Å². The lowest BCUT2D eigenvalue weighted by molar-refractivity contribution is -0.135. The molecule has 210 valence electrons. The van der Waals surface area contributed by atoms with Crippen molar-refractivity contribution in [2.75, 3.05) is 73.0 Å². The number of aryl methyl sites for hydroxylation is 2. The van der Waals surface area contributed by atoms with Crippen molar-refractivity contribution in [2.45, 2.75) is 44.2 Å². The van der Waals surface area contributed by atoms with E-state index in [-0.39, 0.29) is 12.5 Å². The number of piperidine rings is 1. The normalized spacial score (nSPS) is 15.2. The van der Waals surface area contributed by atoms with Gasteiger partial charge in [-0.05, 0) is 76.2 Å². The van der Waals surface area contributed by atoms with Gasteiger partial charge in [-0.3, -0.25) is 9.78 Å². The molecule has 38 heavy (non-hydrogen) atoms. The molecule has 1 fully saturated rings. The van der Waals surface area contributed by atoms with E-state index in [4.69, 9.17) is 9.47 Å². The molecule has 0 bridgehead atoms. The average molecular weight is 546 g/mol. The number of ether oxygens (including phenoxy) is 2. The fraction of sp³-hybridized carbons (Fsp3) is 0.571. The van der Waals surface area contributed by atoms with Crippen LogP contribution in [0.2, 0.25) is 0 Å². The van der Waals surface area contributed by atoms with Crippen LogP contribution >= 0.6 is 0 Å². The van der Waals surface area contributed by atoms with Gasteiger partial charge in [0.2, 0.25) is 5.91 Å². The van der Waals surface area contributed by atoms with Crippen LogP contribution in [-0.2, 0) is 27.1 Å². The number of likely N-dealkylation sites (N-methyl/N-ethyl adjacent to an activating group) is 2. The predicted octanol–water partition coefficient (Wildman–Crippen LogP) is 2.87. The molecule has 1 aromatic carbocycles. The Hall–Kier alpha value is -2.53. The van der Waals surface area contributed by atoms with Crippen LogP contribution in [0, 0.1) is 13.8 Å². The van der Waals surface area contributed by atoms with Crippen molar-refractivity contribution in [3.8, 4) is 5.75 Å². The van der Waals surface area contributed by atoms with Crippen molar-refractivity contribution >= 4 is 22.6 Å². The van der Waals surface area contributed by atoms with Gasteiger partial charge in [-0.2, -0.15) is 0 Å². The van der Waals surface area contributed by atoms with Gasteiger partial charge in [0.05, 0.1) is 42.7 Å². The van der Waals surface area contributed by atoms with E-state index in [1.807, 2.05) is 38.2 Å². The summed E-state index contributed by atoms with van der Waals surface area (Å²) in [6.45, 7) is 7.04. The minimum absolute atomic E-state index is 0.0313. The second-order valence-electron chi connectivity index (χ2n) is 10.2. The van der Waals surface area contributed by atoms with Gasteiger partial charge < -0.3 is 24.2 Å². The summed E-state index contributed by atoms with van der Waals surface area (Å²) in [6, 6.07) is 8.50. The SMILES string of the molecule is COc1cc(C)c(S(=O)N(C)CCOCC(=O)N(C)Cc2ccc(N3CCC(N(C)C)CC3)cn2)c(C)c1. The Balaban J connectivity index is 1.40. The molecular weight excluding hydrogens is 502 g/mol. The summed E-state index contributed by atoms with van der Waals surface area (Å²) in [7, 11) is 8.12. The number of amides is 1. The topological polar surface area (TPSA) is 78.5 Å². The fourth-order valence-corrected chi connectivity index (χ4v) is 5.90. The summed E-state index contributed by atoms with van der Waals surface area (Å²) < 4.78 is 25.7. The zero-order valence-electron chi connectivity index (χ0n) is 23.9. The van der Waals surface area contributed by atoms with Crippen molar-refractivity contribution in [3.05, 3.63) is 47.3 Å². The van der Waals surface area contributed by atoms with Crippen molar-refractivity contribution in [3.63, 3.8) is 0 Å². The van der Waals surface area contributed by atoms with Crippen molar-refractivity contribution < 1.29 is 18.5 Å². The van der Waals surface area contributed by atoms with Crippen LogP contribution in [0.1, 0.15) is 29.7 Å². The number of pyridine rings is 1. The van der Waals surface area contributed by atoms with E-state index < -0.39 is 11.0 Å². The van der Waals surface area contributed by atoms with E-state index in [0.29, 0.717) is 25.7 Å². The largest absolute Gasteiger partial charge is 0.497 e. The summed E-state index contributed by atoms with van der Waals surface area (Å²) >= 11 is 0. The molecule has 0 radical (unpaired) electrons. The van der Waals surface area contributed by atoms with Crippen LogP contribution in [0.4, 0.5) is 5.69 Å². The lowest BCUT2D eigenvalue weighted by Crippen LogP contribution is -2.42. The molecule has 2 aromatic rings. The summed E-state index contributed by atoms with van der Waals surface area (Å²) in [4.78, 5) is 24.2. The molecule has 0 spiro atoms. The molecule has 1 atom stereocenters. The van der Waals surface area contributed by atoms with Crippen LogP contribution in [0.3, 0.4) is 0 Å². The van der Waals surface area contributed by atoms with Gasteiger partial charge in [0.25, 0.3) is 0 Å². The maximum Gasteiger partial charge on any atom is 0.248 e. The number of anilines is 1. The summed E-state index contributed by atoms with van der Waals surface area (Å²) in [5.41, 5.74) is 3.80. The predicted molar refractivity (Wildman–Crippen MR) is 152 cm³/mol. The minimum Gasteiger partial charge on any atom is -0.497 e. The third-order valence-electron chi connectivity index (χ3n) is 7.10. The zero-order chi connectivity index (χ0) is 27.8. The molecule has 1 aliphatic heterocycles. The molecule has 10 heteroatoms. The number of carbonyl (C=O) groups is 1. The second-order valence-corrected chi connectivity index (χ2v) is 11.7. The molecule has 0 saturated carbocycles. The lowest BCUT2D eigenvalue weighted by Gasteiger charge is -2.36. The first kappa shape index (κ1) is 30.0. The van der Waals surface area contributed by atoms with Crippen molar-refractivity contribution in [1.29, 1.82) is 0 Å². The lowest BCUT2D eigenvalue weighted by atomic mass is 10.0. The van der Waals surface area contributed by atoms with Crippen LogP contribution in [0.15, 0.2) is 35.4 Å². The van der Waals surface area contributed by atoms with Gasteiger partial charge in [0.15, 0.2) is 0 Å². The molecule has 2 heterocycles.